The predicted octanol–water partition coefficient (Wildman–Crippen LogP) is 1.25. The van der Waals surface area contributed by atoms with E-state index in [1.54, 1.807) is 0 Å². The van der Waals surface area contributed by atoms with Gasteiger partial charge >= 0.3 is 6.09 Å². The molecule has 0 aromatic heterocycles. The topological polar surface area (TPSA) is 64.8 Å². The van der Waals surface area contributed by atoms with Gasteiger partial charge in [0.25, 0.3) is 0 Å². The Morgan fingerprint density at radius 3 is 2.72 bits per heavy atom. The number of carbonyl (C=O) groups excluding carboxylic acids is 1. The Balaban J connectivity index is 1.78. The summed E-state index contributed by atoms with van der Waals surface area (Å²) in [4.78, 5) is 14.2. The van der Waals surface area contributed by atoms with Crippen molar-refractivity contribution in [1.82, 2.24) is 4.90 Å². The van der Waals surface area contributed by atoms with Gasteiger partial charge in [0, 0.05) is 6.04 Å². The molecule has 18 heavy (non-hydrogen) atoms. The molecule has 5 nitrogen and oxygen atoms in total. The zero-order chi connectivity index (χ0) is 13.1. The lowest BCUT2D eigenvalue weighted by Gasteiger charge is -2.58. The highest BCUT2D eigenvalue weighted by Gasteiger charge is 2.54. The molecule has 0 aromatic rings. The summed E-state index contributed by atoms with van der Waals surface area (Å²) in [7, 11) is 0. The van der Waals surface area contributed by atoms with E-state index in [2.05, 4.69) is 0 Å². The van der Waals surface area contributed by atoms with Gasteiger partial charge in [0.2, 0.25) is 0 Å². The summed E-state index contributed by atoms with van der Waals surface area (Å²) in [5.41, 5.74) is 5.73. The Bertz CT molecular complexity index is 366. The second-order valence-electron chi connectivity index (χ2n) is 6.69. The number of hydrogen-bond donors (Lipinski definition) is 1. The lowest BCUT2D eigenvalue weighted by Crippen LogP contribution is -2.72. The van der Waals surface area contributed by atoms with Crippen molar-refractivity contribution in [2.45, 2.75) is 76.0 Å². The molecule has 4 heterocycles. The molecule has 0 saturated carbocycles. The Labute approximate surface area is 108 Å². The standard InChI is InChI=1S/C13H22N2O3/c1-13(2,3)18-12(16)15-7-4-8-6-9(15)11(14)10(5-7)17-8/h7-11H,4-6,14H2,1-3H3/t7-,8-,9+,10+,11-/m1/s1. The van der Waals surface area contributed by atoms with Crippen LogP contribution in [-0.2, 0) is 9.47 Å². The predicted molar refractivity (Wildman–Crippen MR) is 66.1 cm³/mol. The van der Waals surface area contributed by atoms with E-state index in [1.165, 1.54) is 0 Å². The summed E-state index contributed by atoms with van der Waals surface area (Å²) in [6, 6.07) is 0.281. The van der Waals surface area contributed by atoms with Crippen molar-refractivity contribution in [1.29, 1.82) is 0 Å². The fourth-order valence-corrected chi connectivity index (χ4v) is 3.50. The van der Waals surface area contributed by atoms with Crippen molar-refractivity contribution in [3.05, 3.63) is 0 Å². The van der Waals surface area contributed by atoms with Crippen molar-refractivity contribution in [2.24, 2.45) is 5.73 Å². The maximum absolute atomic E-state index is 12.3. The van der Waals surface area contributed by atoms with Gasteiger partial charge in [0.1, 0.15) is 5.60 Å². The van der Waals surface area contributed by atoms with Crippen molar-refractivity contribution in [2.75, 3.05) is 0 Å². The molecule has 4 aliphatic heterocycles. The molecule has 4 rings (SSSR count). The van der Waals surface area contributed by atoms with Gasteiger partial charge in [0.05, 0.1) is 24.3 Å². The summed E-state index contributed by atoms with van der Waals surface area (Å²) < 4.78 is 11.4. The van der Waals surface area contributed by atoms with Crippen LogP contribution in [0.1, 0.15) is 40.0 Å². The smallest absolute Gasteiger partial charge is 0.410 e. The van der Waals surface area contributed by atoms with Crippen LogP contribution >= 0.6 is 0 Å². The molecule has 0 radical (unpaired) electrons. The van der Waals surface area contributed by atoms with Crippen LogP contribution in [0.3, 0.4) is 0 Å². The van der Waals surface area contributed by atoms with E-state index < -0.39 is 5.60 Å². The molecule has 4 aliphatic rings. The SMILES string of the molecule is CC(C)(C)OC(=O)N1[C@@H]2C[C@@H]3C[C@H]1[C@@H](N)[C@H](C2)O3. The molecule has 0 spiro atoms. The highest BCUT2D eigenvalue weighted by molar-refractivity contribution is 5.69. The van der Waals surface area contributed by atoms with Gasteiger partial charge in [-0.05, 0) is 40.0 Å². The number of amides is 1. The monoisotopic (exact) mass is 254 g/mol. The lowest BCUT2D eigenvalue weighted by atomic mass is 9.75. The largest absolute Gasteiger partial charge is 0.444 e. The van der Waals surface area contributed by atoms with Crippen LogP contribution in [0.25, 0.3) is 0 Å². The van der Waals surface area contributed by atoms with Crippen molar-refractivity contribution in [3.63, 3.8) is 0 Å². The number of nitrogens with two attached hydrogens (primary N) is 1. The van der Waals surface area contributed by atoms with E-state index in [4.69, 9.17) is 15.2 Å². The van der Waals surface area contributed by atoms with E-state index >= 15 is 0 Å². The summed E-state index contributed by atoms with van der Waals surface area (Å²) >= 11 is 0. The van der Waals surface area contributed by atoms with E-state index in [9.17, 15) is 4.79 Å². The molecule has 5 heteroatoms. The lowest BCUT2D eigenvalue weighted by molar-refractivity contribution is -0.185. The van der Waals surface area contributed by atoms with Crippen LogP contribution in [0.4, 0.5) is 4.79 Å². The second kappa shape index (κ2) is 3.84. The minimum absolute atomic E-state index is 0.0645. The van der Waals surface area contributed by atoms with E-state index in [1.807, 2.05) is 25.7 Å². The fourth-order valence-electron chi connectivity index (χ4n) is 3.50. The van der Waals surface area contributed by atoms with Gasteiger partial charge in [0.15, 0.2) is 0 Å². The Hall–Kier alpha value is -0.810. The van der Waals surface area contributed by atoms with E-state index in [0.29, 0.717) is 0 Å². The fraction of sp³-hybridized carbons (Fsp3) is 0.923. The molecule has 0 unspecified atom stereocenters. The van der Waals surface area contributed by atoms with Gasteiger partial charge in [-0.25, -0.2) is 4.79 Å². The van der Waals surface area contributed by atoms with Gasteiger partial charge < -0.3 is 20.1 Å². The first-order chi connectivity index (χ1) is 8.35. The highest BCUT2D eigenvalue weighted by atomic mass is 16.6. The molecular weight excluding hydrogens is 232 g/mol. The van der Waals surface area contributed by atoms with E-state index in [-0.39, 0.29) is 36.4 Å². The second-order valence-corrected chi connectivity index (χ2v) is 6.69. The van der Waals surface area contributed by atoms with Gasteiger partial charge in [-0.15, -0.1) is 0 Å². The molecular formula is C13H22N2O3. The number of nitrogens with zero attached hydrogens (tertiary/aromatic N) is 1. The Morgan fingerprint density at radius 2 is 2.06 bits per heavy atom. The maximum atomic E-state index is 12.3. The molecule has 0 aliphatic carbocycles. The first-order valence-electron chi connectivity index (χ1n) is 6.77. The summed E-state index contributed by atoms with van der Waals surface area (Å²) in [6.45, 7) is 5.68. The Kier molecular flexibility index (Phi) is 2.61. The summed E-state index contributed by atoms with van der Waals surface area (Å²) in [6.07, 6.45) is 2.84. The minimum Gasteiger partial charge on any atom is -0.444 e. The third-order valence-electron chi connectivity index (χ3n) is 4.14. The third-order valence-corrected chi connectivity index (χ3v) is 4.14. The molecule has 2 N–H and O–H groups in total. The molecule has 1 amide bonds. The van der Waals surface area contributed by atoms with Crippen LogP contribution in [-0.4, -0.2) is 46.9 Å². The highest BCUT2D eigenvalue weighted by Crippen LogP contribution is 2.42. The average molecular weight is 254 g/mol. The maximum Gasteiger partial charge on any atom is 0.410 e. The van der Waals surface area contributed by atoms with Crippen LogP contribution in [0, 0.1) is 0 Å². The van der Waals surface area contributed by atoms with Gasteiger partial charge in [-0.1, -0.05) is 0 Å². The van der Waals surface area contributed by atoms with Crippen LogP contribution < -0.4 is 5.73 Å². The van der Waals surface area contributed by atoms with Crippen molar-refractivity contribution < 1.29 is 14.3 Å². The molecule has 5 atom stereocenters. The first-order valence-corrected chi connectivity index (χ1v) is 6.77. The van der Waals surface area contributed by atoms with Crippen LogP contribution in [0.5, 0.6) is 0 Å². The van der Waals surface area contributed by atoms with Crippen LogP contribution in [0.2, 0.25) is 0 Å². The van der Waals surface area contributed by atoms with E-state index in [0.717, 1.165) is 19.3 Å². The van der Waals surface area contributed by atoms with Crippen LogP contribution in [0.15, 0.2) is 0 Å². The summed E-state index contributed by atoms with van der Waals surface area (Å²) in [5, 5.41) is 0. The molecule has 102 valence electrons. The van der Waals surface area contributed by atoms with Gasteiger partial charge in [-0.2, -0.15) is 0 Å². The minimum atomic E-state index is -0.452. The van der Waals surface area contributed by atoms with Gasteiger partial charge in [-0.3, -0.25) is 0 Å². The average Bonchev–Trinajstić information content (AvgIpc) is 2.21. The number of carbonyl (C=O) groups is 1. The molecule has 4 fully saturated rings. The first kappa shape index (κ1) is 12.2. The quantitative estimate of drug-likeness (QED) is 0.706. The van der Waals surface area contributed by atoms with Crippen molar-refractivity contribution >= 4 is 6.09 Å². The summed E-state index contributed by atoms with van der Waals surface area (Å²) in [5.74, 6) is 0. The number of ether oxygens (including phenoxy) is 2. The number of hydrogen-bond acceptors (Lipinski definition) is 4. The third kappa shape index (κ3) is 1.89. The zero-order valence-corrected chi connectivity index (χ0v) is 11.3. The number of rotatable bonds is 0. The normalized spacial score (nSPS) is 42.2. The zero-order valence-electron chi connectivity index (χ0n) is 11.3. The van der Waals surface area contributed by atoms with Crippen molar-refractivity contribution in [3.8, 4) is 0 Å². The molecule has 4 bridgehead atoms. The molecule has 4 saturated heterocycles. The molecule has 0 aromatic carbocycles. The Morgan fingerprint density at radius 1 is 1.33 bits per heavy atom. The number of piperidine rings is 2.